The summed E-state index contributed by atoms with van der Waals surface area (Å²) in [5, 5.41) is 12.9. The molecule has 5 nitrogen and oxygen atoms in total. The Labute approximate surface area is 121 Å². The number of hydrogen-bond acceptors (Lipinski definition) is 4. The van der Waals surface area contributed by atoms with E-state index in [1.54, 1.807) is 0 Å². The van der Waals surface area contributed by atoms with Gasteiger partial charge in [0.1, 0.15) is 5.54 Å². The number of carbonyl (C=O) groups is 1. The second-order valence-corrected chi connectivity index (χ2v) is 6.22. The third kappa shape index (κ3) is 3.32. The Morgan fingerprint density at radius 3 is 2.65 bits per heavy atom. The van der Waals surface area contributed by atoms with E-state index in [4.69, 9.17) is 4.74 Å². The molecule has 0 spiro atoms. The van der Waals surface area contributed by atoms with Crippen LogP contribution in [0.3, 0.4) is 0 Å². The first-order valence-electron chi connectivity index (χ1n) is 7.87. The van der Waals surface area contributed by atoms with Gasteiger partial charge in [0.15, 0.2) is 0 Å². The SMILES string of the molecule is CCCNC1(C(=O)O)CCC(N(C)C2CCOCC2)C1. The van der Waals surface area contributed by atoms with Crippen LogP contribution in [0, 0.1) is 0 Å². The van der Waals surface area contributed by atoms with Crippen LogP contribution in [0.15, 0.2) is 0 Å². The van der Waals surface area contributed by atoms with E-state index in [1.807, 2.05) is 0 Å². The van der Waals surface area contributed by atoms with Crippen LogP contribution < -0.4 is 5.32 Å². The van der Waals surface area contributed by atoms with Crippen LogP contribution in [-0.4, -0.2) is 60.4 Å². The normalized spacial score (nSPS) is 31.9. The van der Waals surface area contributed by atoms with Crippen molar-refractivity contribution in [3.05, 3.63) is 0 Å². The Hall–Kier alpha value is -0.650. The van der Waals surface area contributed by atoms with Gasteiger partial charge in [0.05, 0.1) is 0 Å². The highest BCUT2D eigenvalue weighted by Crippen LogP contribution is 2.34. The van der Waals surface area contributed by atoms with Gasteiger partial charge >= 0.3 is 5.97 Å². The Bertz CT molecular complexity index is 331. The molecule has 0 aromatic carbocycles. The van der Waals surface area contributed by atoms with Crippen molar-refractivity contribution in [3.63, 3.8) is 0 Å². The summed E-state index contributed by atoms with van der Waals surface area (Å²) >= 11 is 0. The minimum Gasteiger partial charge on any atom is -0.480 e. The van der Waals surface area contributed by atoms with Gasteiger partial charge in [-0.1, -0.05) is 6.92 Å². The first-order valence-corrected chi connectivity index (χ1v) is 7.87. The highest BCUT2D eigenvalue weighted by molar-refractivity contribution is 5.79. The standard InChI is InChI=1S/C15H28N2O3/c1-3-8-16-15(14(18)19)7-4-13(11-15)17(2)12-5-9-20-10-6-12/h12-13,16H,3-11H2,1-2H3,(H,18,19). The third-order valence-electron chi connectivity index (χ3n) is 4.95. The molecule has 1 aliphatic carbocycles. The van der Waals surface area contributed by atoms with Gasteiger partial charge in [-0.3, -0.25) is 4.79 Å². The van der Waals surface area contributed by atoms with E-state index >= 15 is 0 Å². The summed E-state index contributed by atoms with van der Waals surface area (Å²) in [4.78, 5) is 14.1. The molecule has 2 unspecified atom stereocenters. The van der Waals surface area contributed by atoms with Gasteiger partial charge < -0.3 is 20.1 Å². The zero-order chi connectivity index (χ0) is 14.6. The molecule has 5 heteroatoms. The fourth-order valence-electron chi connectivity index (χ4n) is 3.55. The molecule has 20 heavy (non-hydrogen) atoms. The molecule has 1 saturated heterocycles. The quantitative estimate of drug-likeness (QED) is 0.773. The third-order valence-corrected chi connectivity index (χ3v) is 4.95. The first-order chi connectivity index (χ1) is 9.59. The summed E-state index contributed by atoms with van der Waals surface area (Å²) < 4.78 is 5.41. The van der Waals surface area contributed by atoms with Crippen molar-refractivity contribution in [2.45, 2.75) is 63.1 Å². The monoisotopic (exact) mass is 284 g/mol. The van der Waals surface area contributed by atoms with E-state index < -0.39 is 11.5 Å². The molecule has 0 amide bonds. The Morgan fingerprint density at radius 2 is 2.05 bits per heavy atom. The van der Waals surface area contributed by atoms with Gasteiger partial charge in [-0.05, 0) is 52.1 Å². The van der Waals surface area contributed by atoms with Gasteiger partial charge in [0, 0.05) is 25.3 Å². The van der Waals surface area contributed by atoms with Crippen LogP contribution in [-0.2, 0) is 9.53 Å². The van der Waals surface area contributed by atoms with Crippen LogP contribution in [0.4, 0.5) is 0 Å². The fourth-order valence-corrected chi connectivity index (χ4v) is 3.55. The molecule has 1 heterocycles. The Balaban J connectivity index is 1.96. The van der Waals surface area contributed by atoms with Gasteiger partial charge in [0.25, 0.3) is 0 Å². The molecule has 2 rings (SSSR count). The second kappa shape index (κ2) is 6.87. The van der Waals surface area contributed by atoms with Crippen molar-refractivity contribution in [2.24, 2.45) is 0 Å². The molecule has 0 aromatic heterocycles. The van der Waals surface area contributed by atoms with Crippen molar-refractivity contribution in [3.8, 4) is 0 Å². The van der Waals surface area contributed by atoms with Crippen LogP contribution in [0.25, 0.3) is 0 Å². The lowest BCUT2D eigenvalue weighted by Crippen LogP contribution is -2.52. The predicted octanol–water partition coefficient (Wildman–Crippen LogP) is 1.47. The summed E-state index contributed by atoms with van der Waals surface area (Å²) in [5.41, 5.74) is -0.708. The van der Waals surface area contributed by atoms with Crippen molar-refractivity contribution < 1.29 is 14.6 Å². The summed E-state index contributed by atoms with van der Waals surface area (Å²) in [6, 6.07) is 0.920. The van der Waals surface area contributed by atoms with Crippen LogP contribution >= 0.6 is 0 Å². The number of aliphatic carboxylic acids is 1. The number of hydrogen-bond donors (Lipinski definition) is 2. The highest BCUT2D eigenvalue weighted by Gasteiger charge is 2.46. The molecule has 0 bridgehead atoms. The van der Waals surface area contributed by atoms with Crippen LogP contribution in [0.1, 0.15) is 45.4 Å². The zero-order valence-electron chi connectivity index (χ0n) is 12.7. The van der Waals surface area contributed by atoms with Gasteiger partial charge in [-0.15, -0.1) is 0 Å². The minimum absolute atomic E-state index is 0.374. The van der Waals surface area contributed by atoms with E-state index in [1.165, 1.54) is 0 Å². The van der Waals surface area contributed by atoms with E-state index in [2.05, 4.69) is 24.2 Å². The molecule has 2 fully saturated rings. The molecular formula is C15H28N2O3. The van der Waals surface area contributed by atoms with E-state index in [9.17, 15) is 9.90 Å². The lowest BCUT2D eigenvalue weighted by Gasteiger charge is -2.36. The average Bonchev–Trinajstić information content (AvgIpc) is 2.91. The Morgan fingerprint density at radius 1 is 1.35 bits per heavy atom. The number of carboxylic acids is 1. The molecular weight excluding hydrogens is 256 g/mol. The Kier molecular flexibility index (Phi) is 5.41. The number of ether oxygens (including phenoxy) is 1. The molecule has 2 N–H and O–H groups in total. The largest absolute Gasteiger partial charge is 0.480 e. The van der Waals surface area contributed by atoms with Gasteiger partial charge in [-0.25, -0.2) is 0 Å². The average molecular weight is 284 g/mol. The summed E-state index contributed by atoms with van der Waals surface area (Å²) in [6.07, 6.45) is 5.52. The number of rotatable bonds is 6. The maximum atomic E-state index is 11.7. The molecule has 116 valence electrons. The molecule has 0 radical (unpaired) electrons. The predicted molar refractivity (Wildman–Crippen MR) is 77.9 cm³/mol. The summed E-state index contributed by atoms with van der Waals surface area (Å²) in [5.74, 6) is -0.686. The summed E-state index contributed by atoms with van der Waals surface area (Å²) in [6.45, 7) is 4.52. The minimum atomic E-state index is -0.708. The number of nitrogens with one attached hydrogen (secondary N) is 1. The van der Waals surface area contributed by atoms with Crippen molar-refractivity contribution >= 4 is 5.97 Å². The molecule has 2 aliphatic rings. The zero-order valence-corrected chi connectivity index (χ0v) is 12.7. The number of carboxylic acid groups (broad SMARTS) is 1. The van der Waals surface area contributed by atoms with Crippen molar-refractivity contribution in [1.82, 2.24) is 10.2 Å². The number of nitrogens with zero attached hydrogens (tertiary/aromatic N) is 1. The van der Waals surface area contributed by atoms with Crippen molar-refractivity contribution in [1.29, 1.82) is 0 Å². The molecule has 1 aliphatic heterocycles. The van der Waals surface area contributed by atoms with Gasteiger partial charge in [0.2, 0.25) is 0 Å². The highest BCUT2D eigenvalue weighted by atomic mass is 16.5. The topological polar surface area (TPSA) is 61.8 Å². The second-order valence-electron chi connectivity index (χ2n) is 6.22. The van der Waals surface area contributed by atoms with E-state index in [-0.39, 0.29) is 0 Å². The maximum absolute atomic E-state index is 11.7. The van der Waals surface area contributed by atoms with E-state index in [0.717, 1.165) is 58.3 Å². The lowest BCUT2D eigenvalue weighted by molar-refractivity contribution is -0.144. The smallest absolute Gasteiger partial charge is 0.323 e. The van der Waals surface area contributed by atoms with E-state index in [0.29, 0.717) is 12.1 Å². The fraction of sp³-hybridized carbons (Fsp3) is 0.933. The van der Waals surface area contributed by atoms with Crippen LogP contribution in [0.5, 0.6) is 0 Å². The van der Waals surface area contributed by atoms with Gasteiger partial charge in [-0.2, -0.15) is 0 Å². The molecule has 0 aromatic rings. The lowest BCUT2D eigenvalue weighted by atomic mass is 9.96. The first kappa shape index (κ1) is 15.7. The van der Waals surface area contributed by atoms with Crippen LogP contribution in [0.2, 0.25) is 0 Å². The maximum Gasteiger partial charge on any atom is 0.323 e. The van der Waals surface area contributed by atoms with Crippen molar-refractivity contribution in [2.75, 3.05) is 26.8 Å². The summed E-state index contributed by atoms with van der Waals surface area (Å²) in [7, 11) is 2.15. The molecule has 1 saturated carbocycles. The molecule has 2 atom stereocenters.